The third-order valence-corrected chi connectivity index (χ3v) is 5.21. The number of nitrogens with one attached hydrogen (secondary N) is 1. The van der Waals surface area contributed by atoms with Crippen LogP contribution < -0.4 is 10.1 Å². The molecule has 3 aromatic rings. The maximum atomic E-state index is 13.3. The molecule has 0 aliphatic carbocycles. The molecule has 0 aliphatic heterocycles. The molecule has 0 bridgehead atoms. The van der Waals surface area contributed by atoms with E-state index in [9.17, 15) is 14.0 Å². The van der Waals surface area contributed by atoms with Crippen LogP contribution in [0.1, 0.15) is 41.3 Å². The van der Waals surface area contributed by atoms with Crippen LogP contribution in [0.2, 0.25) is 0 Å². The molecule has 1 atom stereocenters. The van der Waals surface area contributed by atoms with Gasteiger partial charge in [0.2, 0.25) is 5.91 Å². The van der Waals surface area contributed by atoms with Crippen molar-refractivity contribution in [2.75, 3.05) is 19.0 Å². The summed E-state index contributed by atoms with van der Waals surface area (Å²) in [6, 6.07) is 20.0. The van der Waals surface area contributed by atoms with Crippen molar-refractivity contribution in [3.63, 3.8) is 0 Å². The zero-order valence-corrected chi connectivity index (χ0v) is 18.8. The second-order valence-electron chi connectivity index (χ2n) is 7.96. The number of hydrogen-bond donors (Lipinski definition) is 1. The van der Waals surface area contributed by atoms with Crippen LogP contribution in [0.3, 0.4) is 0 Å². The molecule has 0 heterocycles. The summed E-state index contributed by atoms with van der Waals surface area (Å²) in [5, 5.41) is 2.86. The fraction of sp³-hybridized carbons (Fsp3) is 0.259. The lowest BCUT2D eigenvalue weighted by atomic mass is 10.0. The molecule has 0 saturated carbocycles. The summed E-state index contributed by atoms with van der Waals surface area (Å²) in [7, 11) is 1.63. The van der Waals surface area contributed by atoms with Crippen molar-refractivity contribution < 1.29 is 23.5 Å². The molecule has 0 aromatic heterocycles. The van der Waals surface area contributed by atoms with Crippen LogP contribution >= 0.6 is 0 Å². The monoisotopic (exact) mass is 449 g/mol. The molecule has 0 radical (unpaired) electrons. The lowest BCUT2D eigenvalue weighted by Gasteiger charge is -2.15. The minimum atomic E-state index is -0.421. The van der Waals surface area contributed by atoms with Crippen LogP contribution in [-0.4, -0.2) is 25.4 Å². The first-order valence-electron chi connectivity index (χ1n) is 10.9. The molecule has 0 fully saturated rings. The van der Waals surface area contributed by atoms with Crippen LogP contribution in [0.5, 0.6) is 5.75 Å². The summed E-state index contributed by atoms with van der Waals surface area (Å²) in [5.41, 5.74) is 2.00. The van der Waals surface area contributed by atoms with Crippen molar-refractivity contribution in [1.82, 2.24) is 0 Å². The van der Waals surface area contributed by atoms with E-state index in [4.69, 9.17) is 9.47 Å². The van der Waals surface area contributed by atoms with Crippen LogP contribution in [0.15, 0.2) is 72.8 Å². The summed E-state index contributed by atoms with van der Waals surface area (Å²) < 4.78 is 24.3. The molecule has 0 spiro atoms. The molecule has 3 rings (SSSR count). The fourth-order valence-corrected chi connectivity index (χ4v) is 3.35. The molecule has 3 aromatic carbocycles. The lowest BCUT2D eigenvalue weighted by molar-refractivity contribution is -0.117. The van der Waals surface area contributed by atoms with Crippen molar-refractivity contribution in [3.8, 4) is 5.75 Å². The molecule has 5 nitrogen and oxygen atoms in total. The molecular formula is C27H28FNO4. The summed E-state index contributed by atoms with van der Waals surface area (Å²) >= 11 is 0. The molecule has 0 saturated heterocycles. The lowest BCUT2D eigenvalue weighted by Crippen LogP contribution is -2.18. The van der Waals surface area contributed by atoms with E-state index in [1.165, 1.54) is 24.3 Å². The number of methoxy groups -OCH3 is 1. The highest BCUT2D eigenvalue weighted by atomic mass is 19.1. The zero-order chi connectivity index (χ0) is 23.6. The SMILES string of the molecule is COCCC(C)CC(=O)Nc1cc(OCc2ccccc2)ccc1C(=O)c1ccc(F)cc1. The highest BCUT2D eigenvalue weighted by Gasteiger charge is 2.18. The Kier molecular flexibility index (Phi) is 8.72. The highest BCUT2D eigenvalue weighted by Crippen LogP contribution is 2.27. The average Bonchev–Trinajstić information content (AvgIpc) is 2.82. The Bertz CT molecular complexity index is 1070. The molecular weight excluding hydrogens is 421 g/mol. The number of hydrogen-bond acceptors (Lipinski definition) is 4. The Labute approximate surface area is 193 Å². The third-order valence-electron chi connectivity index (χ3n) is 5.21. The molecule has 6 heteroatoms. The van der Waals surface area contributed by atoms with E-state index < -0.39 is 5.82 Å². The van der Waals surface area contributed by atoms with Gasteiger partial charge in [0.05, 0.1) is 5.69 Å². The van der Waals surface area contributed by atoms with Gasteiger partial charge >= 0.3 is 0 Å². The number of ether oxygens (including phenoxy) is 2. The molecule has 1 unspecified atom stereocenters. The van der Waals surface area contributed by atoms with Crippen LogP contribution in [0.4, 0.5) is 10.1 Å². The number of amides is 1. The Hall–Kier alpha value is -3.51. The smallest absolute Gasteiger partial charge is 0.224 e. The van der Waals surface area contributed by atoms with Gasteiger partial charge in [-0.1, -0.05) is 37.3 Å². The summed E-state index contributed by atoms with van der Waals surface area (Å²) in [5.74, 6) is -0.287. The number of rotatable bonds is 11. The van der Waals surface area contributed by atoms with Gasteiger partial charge in [-0.3, -0.25) is 9.59 Å². The predicted octanol–water partition coefficient (Wildman–Crippen LogP) is 5.64. The maximum absolute atomic E-state index is 13.3. The van der Waals surface area contributed by atoms with Crippen molar-refractivity contribution in [3.05, 3.63) is 95.3 Å². The first-order valence-corrected chi connectivity index (χ1v) is 10.9. The fourth-order valence-electron chi connectivity index (χ4n) is 3.35. The largest absolute Gasteiger partial charge is 0.489 e. The minimum absolute atomic E-state index is 0.124. The first kappa shape index (κ1) is 24.1. The maximum Gasteiger partial charge on any atom is 0.224 e. The molecule has 33 heavy (non-hydrogen) atoms. The number of halogens is 1. The number of benzene rings is 3. The number of carbonyl (C=O) groups excluding carboxylic acids is 2. The van der Waals surface area contributed by atoms with Gasteiger partial charge in [0.15, 0.2) is 5.78 Å². The van der Waals surface area contributed by atoms with Crippen LogP contribution in [-0.2, 0) is 16.1 Å². The standard InChI is InChI=1S/C27H28FNO4/c1-19(14-15-32-2)16-26(30)29-25-17-23(33-18-20-6-4-3-5-7-20)12-13-24(25)27(31)21-8-10-22(28)11-9-21/h3-13,17,19H,14-16,18H2,1-2H3,(H,29,30). The predicted molar refractivity (Wildman–Crippen MR) is 126 cm³/mol. The Morgan fingerprint density at radius 2 is 1.73 bits per heavy atom. The van der Waals surface area contributed by atoms with Gasteiger partial charge < -0.3 is 14.8 Å². The van der Waals surface area contributed by atoms with Crippen molar-refractivity contribution in [2.24, 2.45) is 5.92 Å². The van der Waals surface area contributed by atoms with Gasteiger partial charge in [-0.2, -0.15) is 0 Å². The number of ketones is 1. The Morgan fingerprint density at radius 3 is 2.42 bits per heavy atom. The zero-order valence-electron chi connectivity index (χ0n) is 18.8. The summed E-state index contributed by atoms with van der Waals surface area (Å²) in [6.45, 7) is 2.90. The van der Waals surface area contributed by atoms with Gasteiger partial charge in [0.1, 0.15) is 18.2 Å². The average molecular weight is 450 g/mol. The van der Waals surface area contributed by atoms with E-state index in [-0.39, 0.29) is 17.6 Å². The minimum Gasteiger partial charge on any atom is -0.489 e. The molecule has 1 N–H and O–H groups in total. The summed E-state index contributed by atoms with van der Waals surface area (Å²) in [6.07, 6.45) is 1.05. The summed E-state index contributed by atoms with van der Waals surface area (Å²) in [4.78, 5) is 25.8. The highest BCUT2D eigenvalue weighted by molar-refractivity contribution is 6.14. The number of carbonyl (C=O) groups is 2. The molecule has 172 valence electrons. The van der Waals surface area contributed by atoms with E-state index in [1.54, 1.807) is 25.3 Å². The van der Waals surface area contributed by atoms with Crippen molar-refractivity contribution in [1.29, 1.82) is 0 Å². The normalized spacial score (nSPS) is 11.6. The topological polar surface area (TPSA) is 64.6 Å². The van der Waals surface area contributed by atoms with E-state index >= 15 is 0 Å². The molecule has 0 aliphatic rings. The van der Waals surface area contributed by atoms with E-state index in [2.05, 4.69) is 5.32 Å². The van der Waals surface area contributed by atoms with Gasteiger partial charge in [-0.05, 0) is 54.3 Å². The van der Waals surface area contributed by atoms with E-state index in [0.717, 1.165) is 12.0 Å². The van der Waals surface area contributed by atoms with Crippen molar-refractivity contribution in [2.45, 2.75) is 26.4 Å². The van der Waals surface area contributed by atoms with Crippen molar-refractivity contribution >= 4 is 17.4 Å². The second kappa shape index (κ2) is 11.9. The van der Waals surface area contributed by atoms with Gasteiger partial charge in [-0.25, -0.2) is 4.39 Å². The Morgan fingerprint density at radius 1 is 1.00 bits per heavy atom. The second-order valence-corrected chi connectivity index (χ2v) is 7.96. The third kappa shape index (κ3) is 7.26. The Balaban J connectivity index is 1.82. The number of anilines is 1. The quantitative estimate of drug-likeness (QED) is 0.385. The van der Waals surface area contributed by atoms with Crippen LogP contribution in [0, 0.1) is 11.7 Å². The van der Waals surface area contributed by atoms with Gasteiger partial charge in [-0.15, -0.1) is 0 Å². The molecule has 1 amide bonds. The van der Waals surface area contributed by atoms with Gasteiger partial charge in [0, 0.05) is 37.3 Å². The van der Waals surface area contributed by atoms with E-state index in [0.29, 0.717) is 42.2 Å². The first-order chi connectivity index (χ1) is 16.0. The van der Waals surface area contributed by atoms with E-state index in [1.807, 2.05) is 37.3 Å². The van der Waals surface area contributed by atoms with Crippen LogP contribution in [0.25, 0.3) is 0 Å². The van der Waals surface area contributed by atoms with Gasteiger partial charge in [0.25, 0.3) is 0 Å².